The van der Waals surface area contributed by atoms with Crippen molar-refractivity contribution < 1.29 is 19.8 Å². The number of anilines is 1. The summed E-state index contributed by atoms with van der Waals surface area (Å²) in [6.07, 6.45) is 0. The minimum Gasteiger partial charge on any atom is -0.478 e. The number of carboxylic acids is 1. The Hall–Kier alpha value is -2.08. The number of likely N-dealkylation sites (N-methyl/N-ethyl adjacent to an activating group) is 1. The van der Waals surface area contributed by atoms with E-state index in [0.29, 0.717) is 0 Å². The minimum atomic E-state index is -1.11. The molecule has 0 aliphatic carbocycles. The molecule has 0 saturated heterocycles. The number of nitrogens with one attached hydrogen (secondary N) is 1. The van der Waals surface area contributed by atoms with E-state index in [1.807, 2.05) is 0 Å². The van der Waals surface area contributed by atoms with E-state index in [4.69, 9.17) is 10.2 Å². The summed E-state index contributed by atoms with van der Waals surface area (Å²) in [6.45, 7) is 0.0333. The standard InChI is InChI=1S/C11H14N2O4/c1-13(6-7-14)11(17)12-9-5-3-2-4-8(9)10(15)16/h2-5,14H,6-7H2,1H3,(H,12,17)(H,15,16). The van der Waals surface area contributed by atoms with Gasteiger partial charge in [-0.25, -0.2) is 9.59 Å². The molecule has 1 rings (SSSR count). The van der Waals surface area contributed by atoms with Crippen LogP contribution in [0.25, 0.3) is 0 Å². The fraction of sp³-hybridized carbons (Fsp3) is 0.273. The molecule has 0 heterocycles. The lowest BCUT2D eigenvalue weighted by atomic mass is 10.2. The molecule has 0 bridgehead atoms. The molecule has 17 heavy (non-hydrogen) atoms. The molecular formula is C11H14N2O4. The maximum absolute atomic E-state index is 11.6. The minimum absolute atomic E-state index is 0.0262. The number of carboxylic acid groups (broad SMARTS) is 1. The summed E-state index contributed by atoms with van der Waals surface area (Å²) in [4.78, 5) is 23.7. The fourth-order valence-electron chi connectivity index (χ4n) is 1.24. The van der Waals surface area contributed by atoms with Crippen LogP contribution in [0.4, 0.5) is 10.5 Å². The summed E-state index contributed by atoms with van der Waals surface area (Å²) in [6, 6.07) is 5.66. The number of nitrogens with zero attached hydrogens (tertiary/aromatic N) is 1. The Morgan fingerprint density at radius 1 is 1.35 bits per heavy atom. The first-order valence-corrected chi connectivity index (χ1v) is 5.01. The largest absolute Gasteiger partial charge is 0.478 e. The van der Waals surface area contributed by atoms with Crippen molar-refractivity contribution in [1.82, 2.24) is 4.90 Å². The van der Waals surface area contributed by atoms with Gasteiger partial charge in [-0.2, -0.15) is 0 Å². The highest BCUT2D eigenvalue weighted by molar-refractivity contribution is 5.99. The Balaban J connectivity index is 2.81. The monoisotopic (exact) mass is 238 g/mol. The first kappa shape index (κ1) is 13.0. The number of hydrogen-bond acceptors (Lipinski definition) is 3. The van der Waals surface area contributed by atoms with Crippen LogP contribution in [0, 0.1) is 0 Å². The molecule has 0 fully saturated rings. The molecule has 1 aromatic carbocycles. The van der Waals surface area contributed by atoms with Crippen LogP contribution in [0.3, 0.4) is 0 Å². The maximum Gasteiger partial charge on any atom is 0.337 e. The van der Waals surface area contributed by atoms with Crippen LogP contribution in [-0.4, -0.2) is 47.3 Å². The topological polar surface area (TPSA) is 89.9 Å². The average molecular weight is 238 g/mol. The predicted molar refractivity (Wildman–Crippen MR) is 62.1 cm³/mol. The lowest BCUT2D eigenvalue weighted by molar-refractivity contribution is 0.0698. The van der Waals surface area contributed by atoms with Crippen molar-refractivity contribution in [2.24, 2.45) is 0 Å². The first-order valence-electron chi connectivity index (χ1n) is 5.01. The molecule has 1 aromatic rings. The van der Waals surface area contributed by atoms with E-state index in [0.717, 1.165) is 0 Å². The number of para-hydroxylation sites is 1. The maximum atomic E-state index is 11.6. The van der Waals surface area contributed by atoms with Crippen LogP contribution in [0.1, 0.15) is 10.4 Å². The summed E-state index contributed by atoms with van der Waals surface area (Å²) in [7, 11) is 1.51. The Morgan fingerprint density at radius 2 is 2.00 bits per heavy atom. The Kier molecular flexibility index (Phi) is 4.47. The molecule has 0 unspecified atom stereocenters. The second kappa shape index (κ2) is 5.86. The highest BCUT2D eigenvalue weighted by Gasteiger charge is 2.13. The van der Waals surface area contributed by atoms with Gasteiger partial charge in [0.15, 0.2) is 0 Å². The number of carbonyl (C=O) groups excluding carboxylic acids is 1. The third-order valence-electron chi connectivity index (χ3n) is 2.18. The molecule has 0 saturated carbocycles. The summed E-state index contributed by atoms with van der Waals surface area (Å²) >= 11 is 0. The number of rotatable bonds is 4. The summed E-state index contributed by atoms with van der Waals surface area (Å²) in [5, 5.41) is 20.1. The number of hydrogen-bond donors (Lipinski definition) is 3. The van der Waals surface area contributed by atoms with E-state index < -0.39 is 12.0 Å². The van der Waals surface area contributed by atoms with Crippen molar-refractivity contribution >= 4 is 17.7 Å². The molecule has 0 spiro atoms. The summed E-state index contributed by atoms with van der Waals surface area (Å²) < 4.78 is 0. The zero-order valence-electron chi connectivity index (χ0n) is 9.38. The van der Waals surface area contributed by atoms with Crippen molar-refractivity contribution in [3.8, 4) is 0 Å². The van der Waals surface area contributed by atoms with E-state index in [2.05, 4.69) is 5.32 Å². The smallest absolute Gasteiger partial charge is 0.337 e. The van der Waals surface area contributed by atoms with Crippen LogP contribution in [0.15, 0.2) is 24.3 Å². The predicted octanol–water partition coefficient (Wildman–Crippen LogP) is 0.841. The number of urea groups is 1. The van der Waals surface area contributed by atoms with Crippen molar-refractivity contribution in [3.63, 3.8) is 0 Å². The van der Waals surface area contributed by atoms with Crippen LogP contribution >= 0.6 is 0 Å². The van der Waals surface area contributed by atoms with Crippen LogP contribution in [-0.2, 0) is 0 Å². The van der Waals surface area contributed by atoms with Gasteiger partial charge in [0.1, 0.15) is 0 Å². The van der Waals surface area contributed by atoms with Crippen molar-refractivity contribution in [1.29, 1.82) is 0 Å². The van der Waals surface area contributed by atoms with E-state index in [-0.39, 0.29) is 24.4 Å². The molecule has 6 heteroatoms. The lowest BCUT2D eigenvalue weighted by Crippen LogP contribution is -2.33. The molecule has 3 N–H and O–H groups in total. The Bertz CT molecular complexity index is 420. The van der Waals surface area contributed by atoms with Gasteiger partial charge in [-0.15, -0.1) is 0 Å². The molecule has 92 valence electrons. The van der Waals surface area contributed by atoms with E-state index in [9.17, 15) is 9.59 Å². The van der Waals surface area contributed by atoms with Crippen molar-refractivity contribution in [2.45, 2.75) is 0 Å². The zero-order valence-corrected chi connectivity index (χ0v) is 9.38. The normalized spacial score (nSPS) is 9.76. The number of aliphatic hydroxyl groups is 1. The number of benzene rings is 1. The van der Waals surface area contributed by atoms with Gasteiger partial charge in [-0.3, -0.25) is 0 Å². The second-order valence-corrected chi connectivity index (χ2v) is 3.43. The van der Waals surface area contributed by atoms with Crippen LogP contribution in [0.2, 0.25) is 0 Å². The molecule has 0 atom stereocenters. The molecular weight excluding hydrogens is 224 g/mol. The van der Waals surface area contributed by atoms with Crippen molar-refractivity contribution in [3.05, 3.63) is 29.8 Å². The van der Waals surface area contributed by atoms with Gasteiger partial charge in [0.25, 0.3) is 0 Å². The second-order valence-electron chi connectivity index (χ2n) is 3.43. The third-order valence-corrected chi connectivity index (χ3v) is 2.18. The fourth-order valence-corrected chi connectivity index (χ4v) is 1.24. The first-order chi connectivity index (χ1) is 8.06. The highest BCUT2D eigenvalue weighted by Crippen LogP contribution is 2.15. The van der Waals surface area contributed by atoms with E-state index >= 15 is 0 Å². The number of aliphatic hydroxyl groups excluding tert-OH is 1. The molecule has 0 aliphatic heterocycles. The molecule has 2 amide bonds. The Morgan fingerprint density at radius 3 is 2.59 bits per heavy atom. The molecule has 0 aliphatic rings. The summed E-state index contributed by atoms with van der Waals surface area (Å²) in [5.41, 5.74) is 0.257. The number of aromatic carboxylic acids is 1. The number of carbonyl (C=O) groups is 2. The van der Waals surface area contributed by atoms with Gasteiger partial charge in [-0.1, -0.05) is 12.1 Å². The van der Waals surface area contributed by atoms with E-state index in [1.165, 1.54) is 24.1 Å². The van der Waals surface area contributed by atoms with Gasteiger partial charge in [0.05, 0.1) is 17.9 Å². The van der Waals surface area contributed by atoms with Gasteiger partial charge >= 0.3 is 12.0 Å². The summed E-state index contributed by atoms with van der Waals surface area (Å²) in [5.74, 6) is -1.11. The molecule has 0 radical (unpaired) electrons. The van der Waals surface area contributed by atoms with Crippen LogP contribution in [0.5, 0.6) is 0 Å². The van der Waals surface area contributed by atoms with Crippen molar-refractivity contribution in [2.75, 3.05) is 25.5 Å². The Labute approximate surface area is 98.5 Å². The van der Waals surface area contributed by atoms with Gasteiger partial charge in [0.2, 0.25) is 0 Å². The van der Waals surface area contributed by atoms with Crippen LogP contribution < -0.4 is 5.32 Å². The van der Waals surface area contributed by atoms with Gasteiger partial charge < -0.3 is 20.4 Å². The molecule has 6 nitrogen and oxygen atoms in total. The average Bonchev–Trinajstić information content (AvgIpc) is 2.29. The lowest BCUT2D eigenvalue weighted by Gasteiger charge is -2.17. The van der Waals surface area contributed by atoms with Gasteiger partial charge in [0, 0.05) is 13.6 Å². The molecule has 0 aromatic heterocycles. The quantitative estimate of drug-likeness (QED) is 0.725. The van der Waals surface area contributed by atoms with Gasteiger partial charge in [-0.05, 0) is 12.1 Å². The van der Waals surface area contributed by atoms with E-state index in [1.54, 1.807) is 12.1 Å². The third kappa shape index (κ3) is 3.46. The number of amides is 2. The SMILES string of the molecule is CN(CCO)C(=O)Nc1ccccc1C(=O)O. The zero-order chi connectivity index (χ0) is 12.8. The highest BCUT2D eigenvalue weighted by atomic mass is 16.4.